The molecular formula is C20H19ClF3N3O2. The van der Waals surface area contributed by atoms with E-state index in [1.807, 2.05) is 13.0 Å². The number of carboxylic acids is 1. The molecule has 9 heteroatoms. The molecule has 0 saturated carbocycles. The predicted octanol–water partition coefficient (Wildman–Crippen LogP) is 5.45. The molecule has 0 amide bonds. The molecule has 29 heavy (non-hydrogen) atoms. The number of hydrogen-bond donors (Lipinski definition) is 1. The van der Waals surface area contributed by atoms with Crippen molar-refractivity contribution in [3.63, 3.8) is 0 Å². The summed E-state index contributed by atoms with van der Waals surface area (Å²) in [5, 5.41) is 8.29. The molecule has 5 nitrogen and oxygen atoms in total. The van der Waals surface area contributed by atoms with E-state index < -0.39 is 17.7 Å². The SMILES string of the molecule is CCc1nc2cc(C(F)(F)F)c(Cl)cc2n1-c1ccc(CCCCC(=O)O)cn1. The van der Waals surface area contributed by atoms with Crippen molar-refractivity contribution >= 4 is 28.6 Å². The van der Waals surface area contributed by atoms with Gasteiger partial charge in [-0.15, -0.1) is 0 Å². The molecule has 0 aliphatic rings. The van der Waals surface area contributed by atoms with E-state index in [0.29, 0.717) is 36.4 Å². The molecule has 3 aromatic rings. The highest BCUT2D eigenvalue weighted by Gasteiger charge is 2.34. The molecule has 1 aromatic carbocycles. The molecule has 154 valence electrons. The Labute approximate surface area is 170 Å². The standard InChI is InChI=1S/C20H19ClF3N3O2/c1-2-17-26-15-9-13(20(22,23)24)14(21)10-16(15)27(17)18-8-7-12(11-25-18)5-3-4-6-19(28)29/h7-11H,2-6H2,1H3,(H,28,29). The van der Waals surface area contributed by atoms with Crippen LogP contribution in [0.5, 0.6) is 0 Å². The van der Waals surface area contributed by atoms with Gasteiger partial charge in [0.1, 0.15) is 11.6 Å². The highest BCUT2D eigenvalue weighted by molar-refractivity contribution is 6.32. The first kappa shape index (κ1) is 21.1. The van der Waals surface area contributed by atoms with Crippen LogP contribution < -0.4 is 0 Å². The molecule has 2 aromatic heterocycles. The molecule has 1 N–H and O–H groups in total. The van der Waals surface area contributed by atoms with E-state index in [2.05, 4.69) is 9.97 Å². The lowest BCUT2D eigenvalue weighted by Crippen LogP contribution is -2.06. The van der Waals surface area contributed by atoms with Crippen molar-refractivity contribution in [3.05, 3.63) is 52.4 Å². The fourth-order valence-electron chi connectivity index (χ4n) is 3.16. The van der Waals surface area contributed by atoms with Crippen molar-refractivity contribution in [2.75, 3.05) is 0 Å². The normalized spacial score (nSPS) is 11.9. The summed E-state index contributed by atoms with van der Waals surface area (Å²) in [7, 11) is 0. The summed E-state index contributed by atoms with van der Waals surface area (Å²) in [6.07, 6.45) is -0.207. The number of carbonyl (C=O) groups is 1. The van der Waals surface area contributed by atoms with Gasteiger partial charge in [-0.25, -0.2) is 9.97 Å². The van der Waals surface area contributed by atoms with E-state index in [9.17, 15) is 18.0 Å². The largest absolute Gasteiger partial charge is 0.481 e. The highest BCUT2D eigenvalue weighted by Crippen LogP contribution is 2.37. The number of fused-ring (bicyclic) bond motifs is 1. The number of alkyl halides is 3. The molecule has 3 rings (SSSR count). The highest BCUT2D eigenvalue weighted by atomic mass is 35.5. The van der Waals surface area contributed by atoms with Gasteiger partial charge >= 0.3 is 12.1 Å². The van der Waals surface area contributed by atoms with E-state index >= 15 is 0 Å². The maximum atomic E-state index is 13.1. The number of pyridine rings is 1. The average molecular weight is 426 g/mol. The second kappa shape index (κ2) is 8.41. The van der Waals surface area contributed by atoms with Crippen molar-refractivity contribution in [3.8, 4) is 5.82 Å². The Morgan fingerprint density at radius 2 is 2.00 bits per heavy atom. The van der Waals surface area contributed by atoms with Gasteiger partial charge in [0.15, 0.2) is 0 Å². The van der Waals surface area contributed by atoms with Crippen LogP contribution in [0.15, 0.2) is 30.5 Å². The average Bonchev–Trinajstić information content (AvgIpc) is 3.01. The lowest BCUT2D eigenvalue weighted by Gasteiger charge is -2.11. The van der Waals surface area contributed by atoms with Crippen molar-refractivity contribution in [2.45, 2.75) is 45.2 Å². The van der Waals surface area contributed by atoms with Crippen LogP contribution in [-0.2, 0) is 23.8 Å². The van der Waals surface area contributed by atoms with Crippen LogP contribution in [0, 0.1) is 0 Å². The third kappa shape index (κ3) is 4.70. The Bertz CT molecular complexity index is 1030. The molecule has 0 fully saturated rings. The summed E-state index contributed by atoms with van der Waals surface area (Å²) in [5.41, 5.74) is 0.710. The smallest absolute Gasteiger partial charge is 0.417 e. The predicted molar refractivity (Wildman–Crippen MR) is 103 cm³/mol. The van der Waals surface area contributed by atoms with E-state index in [4.69, 9.17) is 16.7 Å². The first-order chi connectivity index (χ1) is 13.7. The van der Waals surface area contributed by atoms with Crippen LogP contribution >= 0.6 is 11.6 Å². The van der Waals surface area contributed by atoms with Gasteiger partial charge < -0.3 is 5.11 Å². The maximum Gasteiger partial charge on any atom is 0.417 e. The van der Waals surface area contributed by atoms with Gasteiger partial charge in [0.05, 0.1) is 21.6 Å². The van der Waals surface area contributed by atoms with Crippen LogP contribution in [0.25, 0.3) is 16.9 Å². The number of benzene rings is 1. The Hall–Kier alpha value is -2.61. The minimum atomic E-state index is -4.55. The van der Waals surface area contributed by atoms with Gasteiger partial charge in [-0.05, 0) is 43.0 Å². The molecule has 0 aliphatic carbocycles. The van der Waals surface area contributed by atoms with Crippen molar-refractivity contribution < 1.29 is 23.1 Å². The topological polar surface area (TPSA) is 68.0 Å². The second-order valence-electron chi connectivity index (χ2n) is 6.66. The summed E-state index contributed by atoms with van der Waals surface area (Å²) in [6.45, 7) is 1.86. The van der Waals surface area contributed by atoms with E-state index in [-0.39, 0.29) is 17.0 Å². The number of hydrogen-bond acceptors (Lipinski definition) is 3. The van der Waals surface area contributed by atoms with Gasteiger partial charge in [0.2, 0.25) is 0 Å². The molecule has 0 unspecified atom stereocenters. The number of nitrogens with zero attached hydrogens (tertiary/aromatic N) is 3. The summed E-state index contributed by atoms with van der Waals surface area (Å²) in [4.78, 5) is 19.3. The van der Waals surface area contributed by atoms with Gasteiger partial charge in [0.25, 0.3) is 0 Å². The number of aliphatic carboxylic acids is 1. The third-order valence-corrected chi connectivity index (χ3v) is 4.89. The minimum absolute atomic E-state index is 0.132. The summed E-state index contributed by atoms with van der Waals surface area (Å²) in [5.74, 6) is 0.302. The van der Waals surface area contributed by atoms with Gasteiger partial charge in [0, 0.05) is 19.0 Å². The molecule has 0 bridgehead atoms. The monoisotopic (exact) mass is 425 g/mol. The van der Waals surface area contributed by atoms with Crippen molar-refractivity contribution in [1.29, 1.82) is 0 Å². The van der Waals surface area contributed by atoms with Gasteiger partial charge in [-0.3, -0.25) is 9.36 Å². The zero-order chi connectivity index (χ0) is 21.2. The van der Waals surface area contributed by atoms with Crippen molar-refractivity contribution in [1.82, 2.24) is 14.5 Å². The molecule has 2 heterocycles. The van der Waals surface area contributed by atoms with E-state index in [1.165, 1.54) is 6.07 Å². The minimum Gasteiger partial charge on any atom is -0.481 e. The van der Waals surface area contributed by atoms with Crippen LogP contribution in [0.4, 0.5) is 13.2 Å². The van der Waals surface area contributed by atoms with Crippen LogP contribution in [0.3, 0.4) is 0 Å². The van der Waals surface area contributed by atoms with Gasteiger partial charge in [-0.2, -0.15) is 13.2 Å². The fraction of sp³-hybridized carbons (Fsp3) is 0.350. The Kier molecular flexibility index (Phi) is 6.12. The first-order valence-electron chi connectivity index (χ1n) is 9.16. The fourth-order valence-corrected chi connectivity index (χ4v) is 3.43. The lowest BCUT2D eigenvalue weighted by molar-refractivity contribution is -0.138. The van der Waals surface area contributed by atoms with Crippen LogP contribution in [-0.4, -0.2) is 25.6 Å². The zero-order valence-corrected chi connectivity index (χ0v) is 16.4. The number of unbranched alkanes of at least 4 members (excludes halogenated alkanes) is 1. The zero-order valence-electron chi connectivity index (χ0n) is 15.6. The van der Waals surface area contributed by atoms with Crippen LogP contribution in [0.2, 0.25) is 5.02 Å². The Morgan fingerprint density at radius 3 is 2.59 bits per heavy atom. The molecular weight excluding hydrogens is 407 g/mol. The number of carboxylic acid groups (broad SMARTS) is 1. The Morgan fingerprint density at radius 1 is 1.24 bits per heavy atom. The summed E-state index contributed by atoms with van der Waals surface area (Å²) in [6, 6.07) is 5.88. The maximum absolute atomic E-state index is 13.1. The van der Waals surface area contributed by atoms with Crippen LogP contribution in [0.1, 0.15) is 43.1 Å². The van der Waals surface area contributed by atoms with Crippen molar-refractivity contribution in [2.24, 2.45) is 0 Å². The number of aromatic nitrogens is 3. The lowest BCUT2D eigenvalue weighted by atomic mass is 10.1. The second-order valence-corrected chi connectivity index (χ2v) is 7.07. The Balaban J connectivity index is 1.92. The molecule has 0 spiro atoms. The molecule has 0 aliphatic heterocycles. The first-order valence-corrected chi connectivity index (χ1v) is 9.53. The van der Waals surface area contributed by atoms with E-state index in [1.54, 1.807) is 16.8 Å². The third-order valence-electron chi connectivity index (χ3n) is 4.58. The van der Waals surface area contributed by atoms with Gasteiger partial charge in [-0.1, -0.05) is 24.6 Å². The number of imidazole rings is 1. The molecule has 0 atom stereocenters. The number of aryl methyl sites for hydroxylation is 2. The molecule has 0 radical (unpaired) electrons. The quantitative estimate of drug-likeness (QED) is 0.511. The van der Waals surface area contributed by atoms with E-state index in [0.717, 1.165) is 18.1 Å². The number of halogens is 4. The summed E-state index contributed by atoms with van der Waals surface area (Å²) < 4.78 is 41.1. The summed E-state index contributed by atoms with van der Waals surface area (Å²) >= 11 is 5.89. The number of rotatable bonds is 7. The molecule has 0 saturated heterocycles.